The average Bonchev–Trinajstić information content (AvgIpc) is 3.37. The fourth-order valence-corrected chi connectivity index (χ4v) is 4.80. The Balaban J connectivity index is 1.43. The summed E-state index contributed by atoms with van der Waals surface area (Å²) in [6, 6.07) is 14.4. The number of ether oxygens (including phenoxy) is 1. The van der Waals surface area contributed by atoms with E-state index in [9.17, 15) is 13.5 Å². The molecule has 5 nitrogen and oxygen atoms in total. The van der Waals surface area contributed by atoms with E-state index < -0.39 is 16.1 Å². The lowest BCUT2D eigenvalue weighted by Gasteiger charge is -2.13. The first-order valence-corrected chi connectivity index (χ1v) is 11.0. The molecule has 1 aliphatic heterocycles. The minimum Gasteiger partial charge on any atom is -0.493 e. The number of nitrogens with one attached hydrogen (secondary N) is 1. The lowest BCUT2D eigenvalue weighted by molar-refractivity contribution is 0.182. The monoisotopic (exact) mass is 401 g/mol. The summed E-state index contributed by atoms with van der Waals surface area (Å²) in [5.41, 5.74) is 3.75. The third-order valence-corrected chi connectivity index (χ3v) is 6.69. The SMILES string of the molecule is O=S(=O)(NC[C@H](O)c1ccc(-c2ccsc2)cc1)c1ccc2c(c1)CCO2. The van der Waals surface area contributed by atoms with Crippen LogP contribution >= 0.6 is 11.3 Å². The third kappa shape index (κ3) is 3.91. The van der Waals surface area contributed by atoms with Crippen molar-refractivity contribution in [3.05, 3.63) is 70.4 Å². The van der Waals surface area contributed by atoms with E-state index in [0.717, 1.165) is 22.4 Å². The number of fused-ring (bicyclic) bond motifs is 1. The molecule has 2 heterocycles. The maximum atomic E-state index is 12.5. The summed E-state index contributed by atoms with van der Waals surface area (Å²) in [5.74, 6) is 0.736. The zero-order valence-corrected chi connectivity index (χ0v) is 16.1. The highest BCUT2D eigenvalue weighted by atomic mass is 32.2. The van der Waals surface area contributed by atoms with E-state index in [-0.39, 0.29) is 11.4 Å². The summed E-state index contributed by atoms with van der Waals surface area (Å²) in [4.78, 5) is 0.187. The Morgan fingerprint density at radius 1 is 1.11 bits per heavy atom. The van der Waals surface area contributed by atoms with Crippen LogP contribution < -0.4 is 9.46 Å². The van der Waals surface area contributed by atoms with Gasteiger partial charge in [0, 0.05) is 13.0 Å². The van der Waals surface area contributed by atoms with Crippen LogP contribution in [0.5, 0.6) is 5.75 Å². The smallest absolute Gasteiger partial charge is 0.240 e. The van der Waals surface area contributed by atoms with E-state index >= 15 is 0 Å². The van der Waals surface area contributed by atoms with Crippen LogP contribution in [0, 0.1) is 0 Å². The third-order valence-electron chi connectivity index (χ3n) is 4.59. The fourth-order valence-electron chi connectivity index (χ4n) is 3.05. The summed E-state index contributed by atoms with van der Waals surface area (Å²) < 4.78 is 32.9. The van der Waals surface area contributed by atoms with Crippen molar-refractivity contribution < 1.29 is 18.3 Å². The first-order chi connectivity index (χ1) is 13.0. The van der Waals surface area contributed by atoms with Gasteiger partial charge in [0.2, 0.25) is 10.0 Å². The normalized spacial score (nSPS) is 14.6. The second-order valence-electron chi connectivity index (χ2n) is 6.37. The minimum absolute atomic E-state index is 0.0896. The van der Waals surface area contributed by atoms with E-state index in [1.807, 2.05) is 35.7 Å². The number of hydrogen-bond donors (Lipinski definition) is 2. The molecule has 0 saturated heterocycles. The van der Waals surface area contributed by atoms with E-state index in [1.54, 1.807) is 23.5 Å². The molecule has 0 bridgehead atoms. The predicted octanol–water partition coefficient (Wildman–Crippen LogP) is 3.36. The van der Waals surface area contributed by atoms with Gasteiger partial charge >= 0.3 is 0 Å². The van der Waals surface area contributed by atoms with E-state index in [0.29, 0.717) is 18.6 Å². The molecule has 27 heavy (non-hydrogen) atoms. The molecule has 0 amide bonds. The summed E-state index contributed by atoms with van der Waals surface area (Å²) >= 11 is 1.63. The Bertz CT molecular complexity index is 1030. The quantitative estimate of drug-likeness (QED) is 0.664. The lowest BCUT2D eigenvalue weighted by atomic mass is 10.0. The first-order valence-electron chi connectivity index (χ1n) is 8.59. The summed E-state index contributed by atoms with van der Waals surface area (Å²) in [6.07, 6.45) is -0.216. The van der Waals surface area contributed by atoms with Gasteiger partial charge in [-0.1, -0.05) is 24.3 Å². The maximum Gasteiger partial charge on any atom is 0.240 e. The van der Waals surface area contributed by atoms with E-state index in [1.165, 1.54) is 6.07 Å². The Kier molecular flexibility index (Phi) is 5.01. The molecule has 1 aromatic heterocycles. The standard InChI is InChI=1S/C20H19NO4S2/c22-19(15-3-1-14(2-4-15)17-8-10-26-13-17)12-21-27(23,24)18-5-6-20-16(11-18)7-9-25-20/h1-6,8,10-11,13,19,21-22H,7,9,12H2/t19-/m0/s1. The predicted molar refractivity (Wildman–Crippen MR) is 106 cm³/mol. The number of benzene rings is 2. The molecule has 0 unspecified atom stereocenters. The van der Waals surface area contributed by atoms with Crippen molar-refractivity contribution >= 4 is 21.4 Å². The van der Waals surface area contributed by atoms with Gasteiger partial charge in [0.1, 0.15) is 5.75 Å². The van der Waals surface area contributed by atoms with Crippen molar-refractivity contribution in [3.63, 3.8) is 0 Å². The Labute approximate surface area is 162 Å². The zero-order valence-electron chi connectivity index (χ0n) is 14.5. The Morgan fingerprint density at radius 2 is 1.93 bits per heavy atom. The van der Waals surface area contributed by atoms with Crippen LogP contribution in [-0.2, 0) is 16.4 Å². The maximum absolute atomic E-state index is 12.5. The van der Waals surface area contributed by atoms with Crippen molar-refractivity contribution in [2.45, 2.75) is 17.4 Å². The number of thiophene rings is 1. The highest BCUT2D eigenvalue weighted by Gasteiger charge is 2.20. The van der Waals surface area contributed by atoms with Crippen LogP contribution in [0.3, 0.4) is 0 Å². The molecule has 1 aliphatic rings. The second-order valence-corrected chi connectivity index (χ2v) is 8.92. The largest absolute Gasteiger partial charge is 0.493 e. The van der Waals surface area contributed by atoms with Crippen LogP contribution in [0.1, 0.15) is 17.2 Å². The van der Waals surface area contributed by atoms with Gasteiger partial charge in [-0.25, -0.2) is 13.1 Å². The molecular weight excluding hydrogens is 382 g/mol. The van der Waals surface area contributed by atoms with Crippen LogP contribution in [0.4, 0.5) is 0 Å². The molecule has 0 saturated carbocycles. The molecule has 1 atom stereocenters. The number of rotatable bonds is 6. The van der Waals surface area contributed by atoms with Crippen molar-refractivity contribution in [2.24, 2.45) is 0 Å². The zero-order chi connectivity index (χ0) is 18.9. The van der Waals surface area contributed by atoms with Gasteiger partial charge in [-0.3, -0.25) is 0 Å². The molecule has 0 radical (unpaired) electrons. The van der Waals surface area contributed by atoms with Gasteiger partial charge in [0.05, 0.1) is 17.6 Å². The van der Waals surface area contributed by atoms with Gasteiger partial charge in [-0.15, -0.1) is 0 Å². The van der Waals surface area contributed by atoms with Crippen LogP contribution in [-0.4, -0.2) is 26.7 Å². The number of aliphatic hydroxyl groups excluding tert-OH is 1. The van der Waals surface area contributed by atoms with Gasteiger partial charge < -0.3 is 9.84 Å². The molecule has 2 aromatic carbocycles. The summed E-state index contributed by atoms with van der Waals surface area (Å²) in [5, 5.41) is 14.4. The summed E-state index contributed by atoms with van der Waals surface area (Å²) in [7, 11) is -3.69. The number of sulfonamides is 1. The molecule has 140 valence electrons. The summed E-state index contributed by atoms with van der Waals surface area (Å²) in [6.45, 7) is 0.486. The van der Waals surface area contributed by atoms with Gasteiger partial charge in [-0.2, -0.15) is 11.3 Å². The Morgan fingerprint density at radius 3 is 2.67 bits per heavy atom. The molecule has 7 heteroatoms. The number of aliphatic hydroxyl groups is 1. The van der Waals surface area contributed by atoms with Crippen LogP contribution in [0.25, 0.3) is 11.1 Å². The van der Waals surface area contributed by atoms with Crippen molar-refractivity contribution in [3.8, 4) is 16.9 Å². The van der Waals surface area contributed by atoms with Gasteiger partial charge in [0.25, 0.3) is 0 Å². The lowest BCUT2D eigenvalue weighted by Crippen LogP contribution is -2.28. The molecule has 0 fully saturated rings. The van der Waals surface area contributed by atoms with Gasteiger partial charge in [0.15, 0.2) is 0 Å². The minimum atomic E-state index is -3.69. The molecule has 3 aromatic rings. The molecular formula is C20H19NO4S2. The topological polar surface area (TPSA) is 75.6 Å². The molecule has 0 aliphatic carbocycles. The number of hydrogen-bond acceptors (Lipinski definition) is 5. The van der Waals surface area contributed by atoms with E-state index in [4.69, 9.17) is 4.74 Å². The van der Waals surface area contributed by atoms with Crippen LogP contribution in [0.2, 0.25) is 0 Å². The molecule has 2 N–H and O–H groups in total. The van der Waals surface area contributed by atoms with E-state index in [2.05, 4.69) is 10.1 Å². The highest BCUT2D eigenvalue weighted by molar-refractivity contribution is 7.89. The second kappa shape index (κ2) is 7.44. The Hall–Kier alpha value is -2.19. The van der Waals surface area contributed by atoms with Crippen LogP contribution in [0.15, 0.2) is 64.2 Å². The van der Waals surface area contributed by atoms with Gasteiger partial charge in [-0.05, 0) is 57.3 Å². The molecule has 4 rings (SSSR count). The fraction of sp³-hybridized carbons (Fsp3) is 0.200. The highest BCUT2D eigenvalue weighted by Crippen LogP contribution is 2.28. The first kappa shape index (κ1) is 18.2. The van der Waals surface area contributed by atoms with Crippen molar-refractivity contribution in [1.29, 1.82) is 0 Å². The average molecular weight is 402 g/mol. The molecule has 0 spiro atoms. The van der Waals surface area contributed by atoms with Crippen molar-refractivity contribution in [2.75, 3.05) is 13.2 Å². The van der Waals surface area contributed by atoms with Crippen molar-refractivity contribution in [1.82, 2.24) is 4.72 Å².